The Morgan fingerprint density at radius 1 is 1.64 bits per heavy atom. The molecule has 0 saturated carbocycles. The molecule has 0 unspecified atom stereocenters. The second kappa shape index (κ2) is 4.77. The van der Waals surface area contributed by atoms with Crippen molar-refractivity contribution in [2.24, 2.45) is 0 Å². The molecule has 0 rings (SSSR count). The van der Waals surface area contributed by atoms with E-state index < -0.39 is 5.97 Å². The van der Waals surface area contributed by atoms with Gasteiger partial charge >= 0.3 is 5.97 Å². The first-order chi connectivity index (χ1) is 5.04. The van der Waals surface area contributed by atoms with E-state index >= 15 is 0 Å². The van der Waals surface area contributed by atoms with Gasteiger partial charge in [0.05, 0.1) is 0 Å². The first-order valence-corrected chi connectivity index (χ1v) is 3.62. The summed E-state index contributed by atoms with van der Waals surface area (Å²) in [5.41, 5.74) is 0.968. The number of nitrogens with zero attached hydrogens (tertiary/aromatic N) is 1. The number of aliphatic carboxylic acids is 1. The van der Waals surface area contributed by atoms with Crippen molar-refractivity contribution in [3.05, 3.63) is 12.3 Å². The van der Waals surface area contributed by atoms with E-state index in [2.05, 4.69) is 6.58 Å². The van der Waals surface area contributed by atoms with Crippen molar-refractivity contribution in [2.45, 2.75) is 19.8 Å². The monoisotopic (exact) mass is 157 g/mol. The third-order valence-electron chi connectivity index (χ3n) is 1.54. The van der Waals surface area contributed by atoms with Gasteiger partial charge in [-0.3, -0.25) is 4.79 Å². The summed E-state index contributed by atoms with van der Waals surface area (Å²) in [4.78, 5) is 12.1. The van der Waals surface area contributed by atoms with Crippen LogP contribution in [0, 0.1) is 0 Å². The summed E-state index contributed by atoms with van der Waals surface area (Å²) < 4.78 is 0. The minimum absolute atomic E-state index is 0.234. The van der Waals surface area contributed by atoms with Crippen LogP contribution >= 0.6 is 0 Å². The van der Waals surface area contributed by atoms with Gasteiger partial charge in [0.15, 0.2) is 0 Å². The first kappa shape index (κ1) is 10.0. The first-order valence-electron chi connectivity index (χ1n) is 3.62. The van der Waals surface area contributed by atoms with Gasteiger partial charge in [0.25, 0.3) is 0 Å². The maximum atomic E-state index is 10.1. The lowest BCUT2D eigenvalue weighted by atomic mass is 10.3. The topological polar surface area (TPSA) is 40.5 Å². The molecule has 0 bridgehead atoms. The standard InChI is InChI=1S/C8H15NO2/c1-7(2)9(3)6-4-5-8(10)11/h1,4-6H2,2-3H3,(H,10,11). The Balaban J connectivity index is 3.39. The molecule has 0 heterocycles. The Morgan fingerprint density at radius 2 is 2.18 bits per heavy atom. The fraction of sp³-hybridized carbons (Fsp3) is 0.625. The summed E-state index contributed by atoms with van der Waals surface area (Å²) in [6, 6.07) is 0. The zero-order chi connectivity index (χ0) is 8.85. The molecule has 0 radical (unpaired) electrons. The molecule has 64 valence electrons. The van der Waals surface area contributed by atoms with Gasteiger partial charge in [-0.05, 0) is 13.3 Å². The van der Waals surface area contributed by atoms with E-state index in [0.717, 1.165) is 12.2 Å². The van der Waals surface area contributed by atoms with Crippen LogP contribution in [0.3, 0.4) is 0 Å². The number of allylic oxidation sites excluding steroid dienone is 1. The molecular weight excluding hydrogens is 142 g/mol. The van der Waals surface area contributed by atoms with Crippen molar-refractivity contribution in [3.63, 3.8) is 0 Å². The molecule has 0 spiro atoms. The van der Waals surface area contributed by atoms with Gasteiger partial charge in [-0.15, -0.1) is 0 Å². The Labute approximate surface area is 67.3 Å². The van der Waals surface area contributed by atoms with Crippen LogP contribution in [0.4, 0.5) is 0 Å². The second-order valence-corrected chi connectivity index (χ2v) is 2.65. The molecule has 3 heteroatoms. The molecule has 0 aliphatic rings. The van der Waals surface area contributed by atoms with E-state index in [1.54, 1.807) is 0 Å². The molecule has 0 aliphatic carbocycles. The minimum atomic E-state index is -0.736. The van der Waals surface area contributed by atoms with Crippen molar-refractivity contribution in [1.82, 2.24) is 4.90 Å². The van der Waals surface area contributed by atoms with Crippen LogP contribution in [0.1, 0.15) is 19.8 Å². The van der Waals surface area contributed by atoms with Gasteiger partial charge in [-0.1, -0.05) is 6.58 Å². The van der Waals surface area contributed by atoms with Gasteiger partial charge in [-0.25, -0.2) is 0 Å². The maximum absolute atomic E-state index is 10.1. The molecule has 3 nitrogen and oxygen atoms in total. The SMILES string of the molecule is C=C(C)N(C)CCCC(=O)O. The van der Waals surface area contributed by atoms with Gasteiger partial charge in [0, 0.05) is 25.7 Å². The van der Waals surface area contributed by atoms with E-state index in [-0.39, 0.29) is 6.42 Å². The molecule has 0 atom stereocenters. The second-order valence-electron chi connectivity index (χ2n) is 2.65. The van der Waals surface area contributed by atoms with Crippen molar-refractivity contribution < 1.29 is 9.90 Å². The normalized spacial score (nSPS) is 9.27. The molecule has 1 N–H and O–H groups in total. The molecule has 0 amide bonds. The minimum Gasteiger partial charge on any atom is -0.481 e. The van der Waals surface area contributed by atoms with Crippen molar-refractivity contribution in [1.29, 1.82) is 0 Å². The van der Waals surface area contributed by atoms with Crippen LogP contribution in [-0.2, 0) is 4.79 Å². The smallest absolute Gasteiger partial charge is 0.303 e. The molecule has 0 aromatic carbocycles. The zero-order valence-corrected chi connectivity index (χ0v) is 7.13. The lowest BCUT2D eigenvalue weighted by molar-refractivity contribution is -0.137. The number of carboxylic acids is 1. The predicted octanol–water partition coefficient (Wildman–Crippen LogP) is 1.32. The van der Waals surface area contributed by atoms with E-state index in [9.17, 15) is 4.79 Å². The Bertz CT molecular complexity index is 154. The van der Waals surface area contributed by atoms with Gasteiger partial charge in [-0.2, -0.15) is 0 Å². The molecule has 0 aromatic rings. The average molecular weight is 157 g/mol. The summed E-state index contributed by atoms with van der Waals surface area (Å²) in [5, 5.41) is 8.32. The summed E-state index contributed by atoms with van der Waals surface area (Å²) in [5.74, 6) is -0.736. The fourth-order valence-electron chi connectivity index (χ4n) is 0.658. The summed E-state index contributed by atoms with van der Waals surface area (Å²) in [7, 11) is 1.91. The quantitative estimate of drug-likeness (QED) is 0.654. The highest BCUT2D eigenvalue weighted by atomic mass is 16.4. The van der Waals surface area contributed by atoms with Crippen LogP contribution in [0.25, 0.3) is 0 Å². The average Bonchev–Trinajstić information content (AvgIpc) is 1.86. The number of rotatable bonds is 5. The summed E-state index contributed by atoms with van der Waals surface area (Å²) in [6.07, 6.45) is 0.913. The van der Waals surface area contributed by atoms with Crippen molar-refractivity contribution in [2.75, 3.05) is 13.6 Å². The van der Waals surface area contributed by atoms with Crippen molar-refractivity contribution >= 4 is 5.97 Å². The van der Waals surface area contributed by atoms with Crippen LogP contribution in [0.5, 0.6) is 0 Å². The molecular formula is C8H15NO2. The van der Waals surface area contributed by atoms with Crippen LogP contribution in [-0.4, -0.2) is 29.6 Å². The summed E-state index contributed by atoms with van der Waals surface area (Å²) in [6.45, 7) is 6.40. The lowest BCUT2D eigenvalue weighted by Gasteiger charge is -2.17. The van der Waals surface area contributed by atoms with E-state index in [4.69, 9.17) is 5.11 Å². The Morgan fingerprint density at radius 3 is 2.55 bits per heavy atom. The number of carboxylic acid groups (broad SMARTS) is 1. The molecule has 0 saturated heterocycles. The third-order valence-corrected chi connectivity index (χ3v) is 1.54. The third kappa shape index (κ3) is 5.45. The van der Waals surface area contributed by atoms with E-state index in [1.165, 1.54) is 0 Å². The highest BCUT2D eigenvalue weighted by molar-refractivity contribution is 5.66. The van der Waals surface area contributed by atoms with E-state index in [0.29, 0.717) is 6.42 Å². The lowest BCUT2D eigenvalue weighted by Crippen LogP contribution is -2.17. The number of hydrogen-bond acceptors (Lipinski definition) is 2. The molecule has 11 heavy (non-hydrogen) atoms. The van der Waals surface area contributed by atoms with Gasteiger partial charge in [0.2, 0.25) is 0 Å². The molecule has 0 fully saturated rings. The largest absolute Gasteiger partial charge is 0.481 e. The predicted molar refractivity (Wildman–Crippen MR) is 44.3 cm³/mol. The fourth-order valence-corrected chi connectivity index (χ4v) is 0.658. The highest BCUT2D eigenvalue weighted by Crippen LogP contribution is 1.98. The Kier molecular flexibility index (Phi) is 4.34. The van der Waals surface area contributed by atoms with E-state index in [1.807, 2.05) is 18.9 Å². The number of carbonyl (C=O) groups is 1. The number of hydrogen-bond donors (Lipinski definition) is 1. The Hall–Kier alpha value is -0.990. The van der Waals surface area contributed by atoms with Gasteiger partial charge in [0.1, 0.15) is 0 Å². The summed E-state index contributed by atoms with van der Waals surface area (Å²) >= 11 is 0. The van der Waals surface area contributed by atoms with Crippen LogP contribution in [0.2, 0.25) is 0 Å². The van der Waals surface area contributed by atoms with Crippen molar-refractivity contribution in [3.8, 4) is 0 Å². The van der Waals surface area contributed by atoms with Crippen LogP contribution in [0.15, 0.2) is 12.3 Å². The highest BCUT2D eigenvalue weighted by Gasteiger charge is 1.99. The molecule has 0 aromatic heterocycles. The zero-order valence-electron chi connectivity index (χ0n) is 7.13. The van der Waals surface area contributed by atoms with Crippen LogP contribution < -0.4 is 0 Å². The van der Waals surface area contributed by atoms with Gasteiger partial charge < -0.3 is 10.0 Å². The maximum Gasteiger partial charge on any atom is 0.303 e. The molecule has 0 aliphatic heterocycles.